The summed E-state index contributed by atoms with van der Waals surface area (Å²) in [5, 5.41) is 0. The molecular weight excluding hydrogens is 300 g/mol. The second-order valence-corrected chi connectivity index (χ2v) is 6.97. The second kappa shape index (κ2) is 7.27. The number of aryl methyl sites for hydroxylation is 1. The molecule has 0 atom stereocenters. The minimum Gasteiger partial charge on any atom is -0.358 e. The van der Waals surface area contributed by atoms with Crippen LogP contribution in [0, 0.1) is 13.8 Å². The van der Waals surface area contributed by atoms with E-state index in [1.165, 1.54) is 24.6 Å². The molecule has 0 amide bonds. The van der Waals surface area contributed by atoms with Crippen molar-refractivity contribution < 1.29 is 4.79 Å². The number of likely N-dealkylation sites (tertiary alicyclic amines) is 1. The van der Waals surface area contributed by atoms with E-state index < -0.39 is 0 Å². The monoisotopic (exact) mass is 322 g/mol. The van der Waals surface area contributed by atoms with Crippen molar-refractivity contribution >= 4 is 34.1 Å². The predicted molar refractivity (Wildman–Crippen MR) is 94.3 cm³/mol. The van der Waals surface area contributed by atoms with Gasteiger partial charge < -0.3 is 9.47 Å². The number of nitrogens with zero attached hydrogens (tertiary/aromatic N) is 2. The number of Topliss-reactive ketones (excluding diaryl/α,β-unsaturated/α-hetero) is 1. The van der Waals surface area contributed by atoms with E-state index in [0.29, 0.717) is 5.75 Å². The zero-order valence-corrected chi connectivity index (χ0v) is 14.4. The highest BCUT2D eigenvalue weighted by Gasteiger charge is 2.19. The zero-order chi connectivity index (χ0) is 15.4. The van der Waals surface area contributed by atoms with Crippen LogP contribution < -0.4 is 0 Å². The van der Waals surface area contributed by atoms with Crippen LogP contribution in [0.5, 0.6) is 0 Å². The summed E-state index contributed by atoms with van der Waals surface area (Å²) in [5.74, 6) is 0.582. The molecule has 1 aliphatic heterocycles. The molecule has 0 saturated carbocycles. The van der Waals surface area contributed by atoms with Crippen LogP contribution in [0.15, 0.2) is 18.7 Å². The van der Waals surface area contributed by atoms with Gasteiger partial charge in [-0.2, -0.15) is 0 Å². The van der Waals surface area contributed by atoms with Crippen LogP contribution in [0.3, 0.4) is 0 Å². The first-order valence-corrected chi connectivity index (χ1v) is 8.66. The molecule has 114 valence electrons. The number of hydrogen-bond donors (Lipinski definition) is 0. The van der Waals surface area contributed by atoms with Gasteiger partial charge in [-0.25, -0.2) is 0 Å². The number of rotatable bonds is 5. The van der Waals surface area contributed by atoms with E-state index in [9.17, 15) is 4.79 Å². The fraction of sp³-hybridized carbons (Fsp3) is 0.500. The van der Waals surface area contributed by atoms with Gasteiger partial charge in [0, 0.05) is 36.6 Å². The van der Waals surface area contributed by atoms with Crippen molar-refractivity contribution in [3.63, 3.8) is 0 Å². The number of thioether (sulfide) groups is 1. The Labute approximate surface area is 136 Å². The van der Waals surface area contributed by atoms with Crippen LogP contribution in [0.2, 0.25) is 0 Å². The van der Waals surface area contributed by atoms with E-state index in [1.54, 1.807) is 0 Å². The third kappa shape index (κ3) is 3.77. The fourth-order valence-corrected chi connectivity index (χ4v) is 3.82. The van der Waals surface area contributed by atoms with Crippen LogP contribution >= 0.6 is 24.0 Å². The summed E-state index contributed by atoms with van der Waals surface area (Å²) in [6, 6.07) is 1.97. The molecule has 5 heteroatoms. The molecule has 0 aromatic carbocycles. The number of thiocarbonyl (C=S) groups is 1. The normalized spacial score (nSPS) is 14.5. The Morgan fingerprint density at radius 3 is 2.71 bits per heavy atom. The Bertz CT molecular complexity index is 557. The van der Waals surface area contributed by atoms with Gasteiger partial charge in [-0.3, -0.25) is 4.79 Å². The van der Waals surface area contributed by atoms with Gasteiger partial charge >= 0.3 is 0 Å². The quantitative estimate of drug-likeness (QED) is 0.470. The number of carbonyl (C=O) groups excluding carboxylic acids is 1. The van der Waals surface area contributed by atoms with Crippen LogP contribution in [0.1, 0.15) is 34.6 Å². The predicted octanol–water partition coefficient (Wildman–Crippen LogP) is 3.59. The van der Waals surface area contributed by atoms with E-state index in [4.69, 9.17) is 12.2 Å². The van der Waals surface area contributed by atoms with E-state index in [2.05, 4.69) is 16.0 Å². The molecule has 1 aliphatic rings. The lowest BCUT2D eigenvalue weighted by Gasteiger charge is -2.17. The van der Waals surface area contributed by atoms with E-state index in [1.807, 2.05) is 26.0 Å². The van der Waals surface area contributed by atoms with Crippen molar-refractivity contribution in [2.75, 3.05) is 18.8 Å². The minimum absolute atomic E-state index is 0.157. The maximum atomic E-state index is 12.4. The first kappa shape index (κ1) is 16.3. The number of carbonyl (C=O) groups is 1. The second-order valence-electron chi connectivity index (χ2n) is 5.36. The molecule has 21 heavy (non-hydrogen) atoms. The van der Waals surface area contributed by atoms with Crippen molar-refractivity contribution in [1.29, 1.82) is 0 Å². The zero-order valence-electron chi connectivity index (χ0n) is 12.7. The molecule has 1 aromatic heterocycles. The summed E-state index contributed by atoms with van der Waals surface area (Å²) in [4.78, 5) is 14.6. The van der Waals surface area contributed by atoms with Crippen LogP contribution in [-0.4, -0.2) is 38.4 Å². The Morgan fingerprint density at radius 2 is 2.10 bits per heavy atom. The highest BCUT2D eigenvalue weighted by molar-refractivity contribution is 8.23. The molecule has 0 unspecified atom stereocenters. The molecule has 0 bridgehead atoms. The number of aromatic nitrogens is 1. The minimum atomic E-state index is 0.157. The molecular formula is C16H22N2OS2. The molecule has 0 spiro atoms. The van der Waals surface area contributed by atoms with Gasteiger partial charge in [-0.15, -0.1) is 6.58 Å². The Balaban J connectivity index is 1.98. The third-order valence-corrected chi connectivity index (χ3v) is 5.40. The summed E-state index contributed by atoms with van der Waals surface area (Å²) in [6.45, 7) is 10.6. The van der Waals surface area contributed by atoms with Crippen molar-refractivity contribution in [1.82, 2.24) is 9.47 Å². The van der Waals surface area contributed by atoms with Gasteiger partial charge in [0.25, 0.3) is 0 Å². The molecule has 2 heterocycles. The molecule has 2 rings (SSSR count). The molecule has 3 nitrogen and oxygen atoms in total. The first-order chi connectivity index (χ1) is 10.0. The SMILES string of the molecule is C=CCn1c(C)cc(C(=O)CSC(=S)N2CCCC2)c1C. The van der Waals surface area contributed by atoms with Crippen LogP contribution in [-0.2, 0) is 6.54 Å². The summed E-state index contributed by atoms with van der Waals surface area (Å²) in [7, 11) is 0. The highest BCUT2D eigenvalue weighted by Crippen LogP contribution is 2.20. The Hall–Kier alpha value is -1.07. The van der Waals surface area contributed by atoms with Gasteiger partial charge in [-0.05, 0) is 32.8 Å². The average molecular weight is 322 g/mol. The average Bonchev–Trinajstić information content (AvgIpc) is 3.08. The van der Waals surface area contributed by atoms with Crippen molar-refractivity contribution in [3.05, 3.63) is 35.7 Å². The highest BCUT2D eigenvalue weighted by atomic mass is 32.2. The summed E-state index contributed by atoms with van der Waals surface area (Å²) < 4.78 is 2.98. The summed E-state index contributed by atoms with van der Waals surface area (Å²) in [6.07, 6.45) is 4.26. The largest absolute Gasteiger partial charge is 0.358 e. The van der Waals surface area contributed by atoms with Crippen molar-refractivity contribution in [3.8, 4) is 0 Å². The Morgan fingerprint density at radius 1 is 1.43 bits per heavy atom. The smallest absolute Gasteiger partial charge is 0.174 e. The van der Waals surface area contributed by atoms with E-state index in [0.717, 1.165) is 40.9 Å². The van der Waals surface area contributed by atoms with Crippen molar-refractivity contribution in [2.24, 2.45) is 0 Å². The summed E-state index contributed by atoms with van der Waals surface area (Å²) >= 11 is 6.90. The van der Waals surface area contributed by atoms with Crippen LogP contribution in [0.4, 0.5) is 0 Å². The van der Waals surface area contributed by atoms with Gasteiger partial charge in [0.2, 0.25) is 0 Å². The molecule has 1 saturated heterocycles. The molecule has 0 radical (unpaired) electrons. The van der Waals surface area contributed by atoms with Gasteiger partial charge in [0.05, 0.1) is 5.75 Å². The number of allylic oxidation sites excluding steroid dienone is 1. The summed E-state index contributed by atoms with van der Waals surface area (Å²) in [5.41, 5.74) is 2.93. The van der Waals surface area contributed by atoms with E-state index >= 15 is 0 Å². The lowest BCUT2D eigenvalue weighted by molar-refractivity contribution is 0.102. The Kier molecular flexibility index (Phi) is 5.65. The van der Waals surface area contributed by atoms with Gasteiger partial charge in [0.15, 0.2) is 5.78 Å². The number of hydrogen-bond acceptors (Lipinski definition) is 3. The molecule has 1 aromatic rings. The standard InChI is InChI=1S/C16H22N2OS2/c1-4-7-18-12(2)10-14(13(18)3)15(19)11-21-16(20)17-8-5-6-9-17/h4,10H,1,5-9,11H2,2-3H3. The molecule has 1 fully saturated rings. The lowest BCUT2D eigenvalue weighted by atomic mass is 10.2. The fourth-order valence-electron chi connectivity index (χ4n) is 2.69. The first-order valence-electron chi connectivity index (χ1n) is 7.27. The van der Waals surface area contributed by atoms with Gasteiger partial charge in [0.1, 0.15) is 4.32 Å². The number of ketones is 1. The lowest BCUT2D eigenvalue weighted by Crippen LogP contribution is -2.24. The van der Waals surface area contributed by atoms with Crippen LogP contribution in [0.25, 0.3) is 0 Å². The van der Waals surface area contributed by atoms with Crippen molar-refractivity contribution in [2.45, 2.75) is 33.2 Å². The topological polar surface area (TPSA) is 25.2 Å². The maximum Gasteiger partial charge on any atom is 0.174 e. The third-order valence-electron chi connectivity index (χ3n) is 3.88. The molecule has 0 aliphatic carbocycles. The van der Waals surface area contributed by atoms with E-state index in [-0.39, 0.29) is 5.78 Å². The van der Waals surface area contributed by atoms with Gasteiger partial charge in [-0.1, -0.05) is 30.1 Å². The molecule has 0 N–H and O–H groups in total. The maximum absolute atomic E-state index is 12.4.